The van der Waals surface area contributed by atoms with Gasteiger partial charge in [0.25, 0.3) is 0 Å². The number of hydrogen-bond acceptors (Lipinski definition) is 3. The molecule has 3 nitrogen and oxygen atoms in total. The second kappa shape index (κ2) is 5.03. The lowest BCUT2D eigenvalue weighted by Crippen LogP contribution is -2.29. The van der Waals surface area contributed by atoms with Gasteiger partial charge in [0, 0.05) is 11.8 Å². The third-order valence-corrected chi connectivity index (χ3v) is 2.57. The fourth-order valence-corrected chi connectivity index (χ4v) is 1.62. The predicted octanol–water partition coefficient (Wildman–Crippen LogP) is 1.45. The van der Waals surface area contributed by atoms with Gasteiger partial charge in [-0.2, -0.15) is 13.2 Å². The summed E-state index contributed by atoms with van der Waals surface area (Å²) in [5.41, 5.74) is -0.0989. The molecular formula is C12H9BF3NO2. The summed E-state index contributed by atoms with van der Waals surface area (Å²) in [5, 5.41) is 18.1. The van der Waals surface area contributed by atoms with Gasteiger partial charge in [-0.3, -0.25) is 4.98 Å². The van der Waals surface area contributed by atoms with Crippen LogP contribution in [0.3, 0.4) is 0 Å². The molecule has 0 fully saturated rings. The van der Waals surface area contributed by atoms with E-state index in [-0.39, 0.29) is 16.7 Å². The number of nitrogens with zero attached hydrogens (tertiary/aromatic N) is 1. The average Bonchev–Trinajstić information content (AvgIpc) is 2.38. The van der Waals surface area contributed by atoms with Crippen molar-refractivity contribution in [2.75, 3.05) is 0 Å². The zero-order valence-electron chi connectivity index (χ0n) is 9.59. The minimum atomic E-state index is -4.43. The van der Waals surface area contributed by atoms with Gasteiger partial charge in [0.2, 0.25) is 0 Å². The molecule has 0 aliphatic carbocycles. The fraction of sp³-hybridized carbons (Fsp3) is 0.0833. The highest BCUT2D eigenvalue weighted by Crippen LogP contribution is 2.31. The Morgan fingerprint density at radius 1 is 1.05 bits per heavy atom. The highest BCUT2D eigenvalue weighted by atomic mass is 19.4. The Bertz CT molecular complexity index is 587. The van der Waals surface area contributed by atoms with Crippen molar-refractivity contribution in [3.63, 3.8) is 0 Å². The van der Waals surface area contributed by atoms with Gasteiger partial charge in [-0.1, -0.05) is 12.1 Å². The van der Waals surface area contributed by atoms with Gasteiger partial charge in [0.05, 0.1) is 11.3 Å². The molecule has 0 radical (unpaired) electrons. The van der Waals surface area contributed by atoms with E-state index in [1.807, 2.05) is 0 Å². The zero-order chi connectivity index (χ0) is 14.0. The molecule has 2 rings (SSSR count). The number of alkyl halides is 3. The average molecular weight is 267 g/mol. The van der Waals surface area contributed by atoms with Crippen molar-refractivity contribution in [3.05, 3.63) is 48.2 Å². The molecule has 7 heteroatoms. The van der Waals surface area contributed by atoms with Crippen LogP contribution in [0.2, 0.25) is 0 Å². The Kier molecular flexibility index (Phi) is 3.59. The first kappa shape index (κ1) is 13.6. The lowest BCUT2D eigenvalue weighted by atomic mass is 9.80. The van der Waals surface area contributed by atoms with Crippen LogP contribution in [0.25, 0.3) is 11.3 Å². The first-order valence-corrected chi connectivity index (χ1v) is 5.37. The molecule has 98 valence electrons. The quantitative estimate of drug-likeness (QED) is 0.809. The van der Waals surface area contributed by atoms with Gasteiger partial charge in [-0.15, -0.1) is 0 Å². The standard InChI is InChI=1S/C12H9BF3NO2/c14-12(15,16)9-3-1-2-8(6-9)11-7-10(13(18)19)4-5-17-11/h1-7,18-19H. The normalized spacial score (nSPS) is 11.4. The number of halogens is 3. The van der Waals surface area contributed by atoms with E-state index in [0.717, 1.165) is 12.1 Å². The molecule has 1 aromatic heterocycles. The van der Waals surface area contributed by atoms with Gasteiger partial charge in [-0.05, 0) is 29.7 Å². The molecule has 0 atom stereocenters. The number of pyridine rings is 1. The van der Waals surface area contributed by atoms with E-state index in [9.17, 15) is 13.2 Å². The molecule has 0 amide bonds. The van der Waals surface area contributed by atoms with E-state index >= 15 is 0 Å². The largest absolute Gasteiger partial charge is 0.488 e. The van der Waals surface area contributed by atoms with E-state index in [2.05, 4.69) is 4.98 Å². The molecule has 0 aliphatic rings. The molecule has 0 spiro atoms. The summed E-state index contributed by atoms with van der Waals surface area (Å²) in [7, 11) is -1.69. The molecule has 0 unspecified atom stereocenters. The Morgan fingerprint density at radius 3 is 2.42 bits per heavy atom. The van der Waals surface area contributed by atoms with E-state index < -0.39 is 18.9 Å². The number of rotatable bonds is 2. The molecular weight excluding hydrogens is 258 g/mol. The van der Waals surface area contributed by atoms with Crippen molar-refractivity contribution < 1.29 is 23.2 Å². The van der Waals surface area contributed by atoms with Crippen LogP contribution >= 0.6 is 0 Å². The van der Waals surface area contributed by atoms with Crippen LogP contribution < -0.4 is 5.46 Å². The molecule has 2 N–H and O–H groups in total. The molecule has 2 aromatic rings. The third kappa shape index (κ3) is 3.13. The minimum Gasteiger partial charge on any atom is -0.423 e. The van der Waals surface area contributed by atoms with Crippen LogP contribution in [-0.2, 0) is 6.18 Å². The summed E-state index contributed by atoms with van der Waals surface area (Å²) in [6, 6.07) is 7.40. The lowest BCUT2D eigenvalue weighted by molar-refractivity contribution is -0.137. The molecule has 19 heavy (non-hydrogen) atoms. The van der Waals surface area contributed by atoms with Crippen molar-refractivity contribution in [1.82, 2.24) is 4.98 Å². The summed E-state index contributed by atoms with van der Waals surface area (Å²) >= 11 is 0. The number of hydrogen-bond donors (Lipinski definition) is 2. The maximum Gasteiger partial charge on any atom is 0.488 e. The first-order valence-electron chi connectivity index (χ1n) is 5.37. The van der Waals surface area contributed by atoms with Gasteiger partial charge in [-0.25, -0.2) is 0 Å². The smallest absolute Gasteiger partial charge is 0.423 e. The Hall–Kier alpha value is -1.86. The summed E-state index contributed by atoms with van der Waals surface area (Å²) in [6.45, 7) is 0. The summed E-state index contributed by atoms with van der Waals surface area (Å²) in [4.78, 5) is 3.93. The highest BCUT2D eigenvalue weighted by molar-refractivity contribution is 6.58. The molecule has 1 heterocycles. The van der Waals surface area contributed by atoms with E-state index in [4.69, 9.17) is 10.0 Å². The Labute approximate surface area is 107 Å². The van der Waals surface area contributed by atoms with E-state index in [0.29, 0.717) is 0 Å². The summed E-state index contributed by atoms with van der Waals surface area (Å²) < 4.78 is 37.8. The minimum absolute atomic E-state index is 0.169. The van der Waals surface area contributed by atoms with Crippen molar-refractivity contribution in [3.8, 4) is 11.3 Å². The van der Waals surface area contributed by atoms with Gasteiger partial charge < -0.3 is 10.0 Å². The van der Waals surface area contributed by atoms with E-state index in [1.54, 1.807) is 0 Å². The molecule has 0 aliphatic heterocycles. The van der Waals surface area contributed by atoms with Crippen molar-refractivity contribution in [1.29, 1.82) is 0 Å². The predicted molar refractivity (Wildman–Crippen MR) is 64.5 cm³/mol. The molecule has 0 bridgehead atoms. The van der Waals surface area contributed by atoms with E-state index in [1.165, 1.54) is 30.5 Å². The highest BCUT2D eigenvalue weighted by Gasteiger charge is 2.30. The molecule has 0 saturated heterocycles. The second-order valence-corrected chi connectivity index (χ2v) is 3.93. The summed E-state index contributed by atoms with van der Waals surface area (Å²) in [5.74, 6) is 0. The fourth-order valence-electron chi connectivity index (χ4n) is 1.62. The molecule has 0 saturated carbocycles. The van der Waals surface area contributed by atoms with Crippen LogP contribution in [-0.4, -0.2) is 22.2 Å². The first-order chi connectivity index (χ1) is 8.88. The van der Waals surface area contributed by atoms with Crippen LogP contribution in [0.5, 0.6) is 0 Å². The maximum atomic E-state index is 12.6. The number of aromatic nitrogens is 1. The van der Waals surface area contributed by atoms with Gasteiger partial charge in [0.15, 0.2) is 0 Å². The van der Waals surface area contributed by atoms with Crippen LogP contribution in [0, 0.1) is 0 Å². The number of benzene rings is 1. The third-order valence-electron chi connectivity index (χ3n) is 2.57. The Balaban J connectivity index is 2.45. The Morgan fingerprint density at radius 2 is 1.79 bits per heavy atom. The van der Waals surface area contributed by atoms with Crippen molar-refractivity contribution in [2.24, 2.45) is 0 Å². The zero-order valence-corrected chi connectivity index (χ0v) is 9.59. The van der Waals surface area contributed by atoms with Crippen LogP contribution in [0.15, 0.2) is 42.6 Å². The van der Waals surface area contributed by atoms with Crippen molar-refractivity contribution in [2.45, 2.75) is 6.18 Å². The summed E-state index contributed by atoms with van der Waals surface area (Å²) in [6.07, 6.45) is -3.12. The topological polar surface area (TPSA) is 53.4 Å². The lowest BCUT2D eigenvalue weighted by Gasteiger charge is -2.09. The van der Waals surface area contributed by atoms with Crippen LogP contribution in [0.1, 0.15) is 5.56 Å². The second-order valence-electron chi connectivity index (χ2n) is 3.93. The van der Waals surface area contributed by atoms with Gasteiger partial charge >= 0.3 is 13.3 Å². The van der Waals surface area contributed by atoms with Gasteiger partial charge in [0.1, 0.15) is 0 Å². The monoisotopic (exact) mass is 267 g/mol. The van der Waals surface area contributed by atoms with Crippen LogP contribution in [0.4, 0.5) is 13.2 Å². The molecule has 1 aromatic carbocycles. The maximum absolute atomic E-state index is 12.6. The SMILES string of the molecule is OB(O)c1ccnc(-c2cccc(C(F)(F)F)c2)c1. The van der Waals surface area contributed by atoms with Crippen molar-refractivity contribution >= 4 is 12.6 Å².